The van der Waals surface area contributed by atoms with Crippen molar-refractivity contribution in [1.82, 2.24) is 0 Å². The van der Waals surface area contributed by atoms with Crippen molar-refractivity contribution < 1.29 is 36.6 Å². The van der Waals surface area contributed by atoms with E-state index in [0.29, 0.717) is 7.05 Å². The molecule has 0 radical (unpaired) electrons. The molecule has 0 aliphatic rings. The fourth-order valence-corrected chi connectivity index (χ4v) is 1.46. The van der Waals surface area contributed by atoms with Gasteiger partial charge in [-0.05, 0) is 18.2 Å². The maximum atomic E-state index is 13.0. The first kappa shape index (κ1) is 16.7. The Labute approximate surface area is 114 Å². The lowest BCUT2D eigenvalue weighted by atomic mass is 10.1. The Morgan fingerprint density at radius 3 is 2.14 bits per heavy atom. The van der Waals surface area contributed by atoms with Crippen LogP contribution in [0.4, 0.5) is 33.3 Å². The number of carbonyl (C=O) groups is 2. The maximum Gasteiger partial charge on any atom is 0.463 e. The number of carboxylic acid groups (broad SMARTS) is 1. The number of rotatable bonds is 3. The summed E-state index contributed by atoms with van der Waals surface area (Å²) in [6, 6.07) is 2.77. The van der Waals surface area contributed by atoms with Gasteiger partial charge in [0.1, 0.15) is 0 Å². The second kappa shape index (κ2) is 5.19. The van der Waals surface area contributed by atoms with E-state index in [1.807, 2.05) is 0 Å². The molecule has 0 aliphatic heterocycles. The largest absolute Gasteiger partial charge is 0.478 e. The van der Waals surface area contributed by atoms with Crippen LogP contribution >= 0.6 is 0 Å². The van der Waals surface area contributed by atoms with E-state index >= 15 is 0 Å². The van der Waals surface area contributed by atoms with Crippen molar-refractivity contribution in [3.8, 4) is 0 Å². The Hall–Kier alpha value is -2.39. The van der Waals surface area contributed by atoms with Crippen LogP contribution in [0.25, 0.3) is 0 Å². The molecule has 3 N–H and O–H groups in total. The zero-order valence-electron chi connectivity index (χ0n) is 10.4. The zero-order valence-corrected chi connectivity index (χ0v) is 10.4. The van der Waals surface area contributed by atoms with Crippen LogP contribution in [-0.4, -0.2) is 36.1 Å². The van der Waals surface area contributed by atoms with E-state index in [4.69, 9.17) is 10.8 Å². The Morgan fingerprint density at radius 1 is 1.19 bits per heavy atom. The van der Waals surface area contributed by atoms with Crippen molar-refractivity contribution >= 4 is 23.3 Å². The van der Waals surface area contributed by atoms with Crippen LogP contribution in [0, 0.1) is 0 Å². The molecule has 0 saturated heterocycles. The molecule has 0 aliphatic carbocycles. The zero-order chi connectivity index (χ0) is 16.6. The number of anilines is 2. The van der Waals surface area contributed by atoms with Gasteiger partial charge in [0.15, 0.2) is 0 Å². The molecular weight excluding hydrogens is 303 g/mol. The van der Waals surface area contributed by atoms with Crippen LogP contribution in [-0.2, 0) is 4.79 Å². The SMILES string of the molecule is CN(C(=O)C(F)(F)C(F)(F)F)c1ccc(N)cc1C(=O)O. The number of halogens is 5. The van der Waals surface area contributed by atoms with Gasteiger partial charge in [-0.1, -0.05) is 0 Å². The highest BCUT2D eigenvalue weighted by Crippen LogP contribution is 2.38. The molecule has 116 valence electrons. The molecule has 0 bridgehead atoms. The number of hydrogen-bond donors (Lipinski definition) is 2. The number of carboxylic acids is 1. The lowest BCUT2D eigenvalue weighted by Crippen LogP contribution is -2.51. The van der Waals surface area contributed by atoms with Gasteiger partial charge >= 0.3 is 24.0 Å². The Bertz CT molecular complexity index is 586. The second-order valence-corrected chi connectivity index (χ2v) is 4.02. The van der Waals surface area contributed by atoms with Gasteiger partial charge in [-0.15, -0.1) is 0 Å². The maximum absolute atomic E-state index is 13.0. The third-order valence-electron chi connectivity index (χ3n) is 2.54. The number of amides is 1. The monoisotopic (exact) mass is 312 g/mol. The van der Waals surface area contributed by atoms with Gasteiger partial charge in [-0.25, -0.2) is 4.79 Å². The second-order valence-electron chi connectivity index (χ2n) is 4.02. The standard InChI is InChI=1S/C11H9F5N2O3/c1-18(9(21)10(12,13)11(14,15)16)7-3-2-5(17)4-6(7)8(19)20/h2-4H,17H2,1H3,(H,19,20). The van der Waals surface area contributed by atoms with Gasteiger partial charge in [0, 0.05) is 12.7 Å². The summed E-state index contributed by atoms with van der Waals surface area (Å²) in [5, 5.41) is 8.88. The number of nitrogens with zero attached hydrogens (tertiary/aromatic N) is 1. The first-order valence-corrected chi connectivity index (χ1v) is 5.25. The molecule has 1 aromatic rings. The first-order valence-electron chi connectivity index (χ1n) is 5.25. The van der Waals surface area contributed by atoms with Crippen LogP contribution in [0.2, 0.25) is 0 Å². The lowest BCUT2D eigenvalue weighted by molar-refractivity contribution is -0.268. The molecule has 0 heterocycles. The molecule has 0 spiro atoms. The summed E-state index contributed by atoms with van der Waals surface area (Å²) in [6.07, 6.45) is -6.09. The van der Waals surface area contributed by atoms with E-state index in [0.717, 1.165) is 18.2 Å². The number of alkyl halides is 5. The van der Waals surface area contributed by atoms with Crippen molar-refractivity contribution in [3.05, 3.63) is 23.8 Å². The third-order valence-corrected chi connectivity index (χ3v) is 2.54. The molecule has 1 aromatic carbocycles. The molecular formula is C11H9F5N2O3. The number of nitrogens with two attached hydrogens (primary N) is 1. The summed E-state index contributed by atoms with van der Waals surface area (Å²) in [6.45, 7) is 0. The van der Waals surface area contributed by atoms with Gasteiger partial charge in [-0.2, -0.15) is 22.0 Å². The van der Waals surface area contributed by atoms with Crippen molar-refractivity contribution in [2.45, 2.75) is 12.1 Å². The fourth-order valence-electron chi connectivity index (χ4n) is 1.46. The average molecular weight is 312 g/mol. The minimum absolute atomic E-state index is 0.0559. The summed E-state index contributed by atoms with van der Waals surface area (Å²) in [5.41, 5.74) is 3.94. The summed E-state index contributed by atoms with van der Waals surface area (Å²) in [5.74, 6) is -9.87. The highest BCUT2D eigenvalue weighted by atomic mass is 19.4. The Morgan fingerprint density at radius 2 is 1.71 bits per heavy atom. The number of hydrogen-bond acceptors (Lipinski definition) is 3. The van der Waals surface area contributed by atoms with Gasteiger partial charge in [-0.3, -0.25) is 4.79 Å². The third kappa shape index (κ3) is 3.03. The number of benzene rings is 1. The molecule has 10 heteroatoms. The van der Waals surface area contributed by atoms with Gasteiger partial charge < -0.3 is 15.7 Å². The predicted octanol–water partition coefficient (Wildman–Crippen LogP) is 2.13. The normalized spacial score (nSPS) is 12.1. The highest BCUT2D eigenvalue weighted by Gasteiger charge is 2.64. The topological polar surface area (TPSA) is 83.6 Å². The lowest BCUT2D eigenvalue weighted by Gasteiger charge is -2.25. The van der Waals surface area contributed by atoms with Crippen molar-refractivity contribution in [2.24, 2.45) is 0 Å². The smallest absolute Gasteiger partial charge is 0.463 e. The average Bonchev–Trinajstić information content (AvgIpc) is 2.35. The molecule has 0 atom stereocenters. The fraction of sp³-hybridized carbons (Fsp3) is 0.273. The minimum Gasteiger partial charge on any atom is -0.478 e. The van der Waals surface area contributed by atoms with Crippen LogP contribution in [0.3, 0.4) is 0 Å². The summed E-state index contributed by atoms with van der Waals surface area (Å²) >= 11 is 0. The quantitative estimate of drug-likeness (QED) is 0.661. The summed E-state index contributed by atoms with van der Waals surface area (Å²) in [4.78, 5) is 22.2. The van der Waals surface area contributed by atoms with Gasteiger partial charge in [0.2, 0.25) is 0 Å². The van der Waals surface area contributed by atoms with Crippen LogP contribution in [0.1, 0.15) is 10.4 Å². The molecule has 0 aromatic heterocycles. The highest BCUT2D eigenvalue weighted by molar-refractivity contribution is 6.04. The number of carbonyl (C=O) groups excluding carboxylic acids is 1. The van der Waals surface area contributed by atoms with E-state index in [9.17, 15) is 31.5 Å². The van der Waals surface area contributed by atoms with Crippen LogP contribution < -0.4 is 10.6 Å². The van der Waals surface area contributed by atoms with E-state index in [1.165, 1.54) is 0 Å². The van der Waals surface area contributed by atoms with Gasteiger partial charge in [0.05, 0.1) is 11.3 Å². The summed E-state index contributed by atoms with van der Waals surface area (Å²) in [7, 11) is 0.611. The van der Waals surface area contributed by atoms with E-state index in [1.54, 1.807) is 0 Å². The molecule has 21 heavy (non-hydrogen) atoms. The van der Waals surface area contributed by atoms with Crippen molar-refractivity contribution in [1.29, 1.82) is 0 Å². The minimum atomic E-state index is -6.09. The predicted molar refractivity (Wildman–Crippen MR) is 62.2 cm³/mol. The number of aromatic carboxylic acids is 1. The molecule has 0 saturated carbocycles. The van der Waals surface area contributed by atoms with Crippen LogP contribution in [0.15, 0.2) is 18.2 Å². The van der Waals surface area contributed by atoms with Gasteiger partial charge in [0.25, 0.3) is 0 Å². The van der Waals surface area contributed by atoms with E-state index in [2.05, 4.69) is 0 Å². The molecule has 0 unspecified atom stereocenters. The van der Waals surface area contributed by atoms with Crippen molar-refractivity contribution in [2.75, 3.05) is 17.7 Å². The molecule has 5 nitrogen and oxygen atoms in total. The Balaban J connectivity index is 3.30. The van der Waals surface area contributed by atoms with E-state index < -0.39 is 35.2 Å². The first-order chi connectivity index (χ1) is 9.39. The van der Waals surface area contributed by atoms with E-state index in [-0.39, 0.29) is 10.6 Å². The Kier molecular flexibility index (Phi) is 4.11. The molecule has 1 rings (SSSR count). The summed E-state index contributed by atoms with van der Waals surface area (Å²) < 4.78 is 62.4. The van der Waals surface area contributed by atoms with Crippen molar-refractivity contribution in [3.63, 3.8) is 0 Å². The molecule has 1 amide bonds. The molecule has 0 fully saturated rings. The van der Waals surface area contributed by atoms with Crippen LogP contribution in [0.5, 0.6) is 0 Å². The number of nitrogen functional groups attached to an aromatic ring is 1.